The number of anilines is 1. The van der Waals surface area contributed by atoms with Crippen LogP contribution in [0, 0.1) is 12.7 Å². The molecule has 0 saturated carbocycles. The van der Waals surface area contributed by atoms with Crippen LogP contribution in [0.3, 0.4) is 0 Å². The summed E-state index contributed by atoms with van der Waals surface area (Å²) >= 11 is 0. The second-order valence-corrected chi connectivity index (χ2v) is 8.74. The van der Waals surface area contributed by atoms with Gasteiger partial charge < -0.3 is 14.7 Å². The first kappa shape index (κ1) is 22.3. The molecule has 2 fully saturated rings. The number of aromatic nitrogens is 2. The quantitative estimate of drug-likeness (QED) is 0.733. The minimum atomic E-state index is -0.322. The van der Waals surface area contributed by atoms with Crippen molar-refractivity contribution in [3.8, 4) is 0 Å². The number of halogens is 1. The van der Waals surface area contributed by atoms with E-state index in [2.05, 4.69) is 14.9 Å². The normalized spacial score (nSPS) is 18.5. The number of rotatable bonds is 4. The maximum absolute atomic E-state index is 13.9. The summed E-state index contributed by atoms with van der Waals surface area (Å²) in [4.78, 5) is 39.1. The van der Waals surface area contributed by atoms with Gasteiger partial charge in [-0.3, -0.25) is 9.59 Å². The zero-order chi connectivity index (χ0) is 22.7. The highest BCUT2D eigenvalue weighted by molar-refractivity contribution is 5.94. The lowest BCUT2D eigenvalue weighted by molar-refractivity contribution is -0.117. The Balaban J connectivity index is 1.33. The van der Waals surface area contributed by atoms with E-state index in [9.17, 15) is 14.0 Å². The highest BCUT2D eigenvalue weighted by atomic mass is 19.1. The number of likely N-dealkylation sites (tertiary alicyclic amines) is 2. The van der Waals surface area contributed by atoms with Gasteiger partial charge in [0.05, 0.1) is 5.56 Å². The third kappa shape index (κ3) is 4.80. The molecule has 7 nitrogen and oxygen atoms in total. The minimum absolute atomic E-state index is 0.00896. The van der Waals surface area contributed by atoms with E-state index in [0.29, 0.717) is 17.3 Å². The fraction of sp³-hybridized carbons (Fsp3) is 0.500. The molecule has 2 aromatic rings. The van der Waals surface area contributed by atoms with Gasteiger partial charge in [0.15, 0.2) is 0 Å². The molecule has 2 aliphatic heterocycles. The third-order valence-corrected chi connectivity index (χ3v) is 6.71. The second-order valence-electron chi connectivity index (χ2n) is 8.74. The highest BCUT2D eigenvalue weighted by Gasteiger charge is 2.33. The average molecular weight is 440 g/mol. The maximum atomic E-state index is 13.9. The predicted octanol–water partition coefficient (Wildman–Crippen LogP) is 3.05. The van der Waals surface area contributed by atoms with E-state index in [4.69, 9.17) is 0 Å². The zero-order valence-corrected chi connectivity index (χ0v) is 18.7. The Morgan fingerprint density at radius 2 is 1.69 bits per heavy atom. The smallest absolute Gasteiger partial charge is 0.256 e. The topological polar surface area (TPSA) is 69.6 Å². The molecule has 32 heavy (non-hydrogen) atoms. The first-order valence-electron chi connectivity index (χ1n) is 11.3. The van der Waals surface area contributed by atoms with Gasteiger partial charge in [0.1, 0.15) is 12.1 Å². The molecular formula is C24H30FN5O2. The number of hydrogen-bond donors (Lipinski definition) is 0. The maximum Gasteiger partial charge on any atom is 0.256 e. The Labute approximate surface area is 188 Å². The summed E-state index contributed by atoms with van der Waals surface area (Å²) in [5.74, 6) is -0.378. The van der Waals surface area contributed by atoms with Crippen LogP contribution in [0.2, 0.25) is 0 Å². The van der Waals surface area contributed by atoms with Crippen molar-refractivity contribution in [1.82, 2.24) is 19.8 Å². The highest BCUT2D eigenvalue weighted by Crippen LogP contribution is 2.29. The number of aryl methyl sites for hydroxylation is 1. The van der Waals surface area contributed by atoms with Crippen LogP contribution in [0.5, 0.6) is 0 Å². The predicted molar refractivity (Wildman–Crippen MR) is 120 cm³/mol. The first-order valence-corrected chi connectivity index (χ1v) is 11.3. The van der Waals surface area contributed by atoms with Crippen molar-refractivity contribution in [2.75, 3.05) is 31.1 Å². The van der Waals surface area contributed by atoms with Crippen LogP contribution in [0.4, 0.5) is 10.1 Å². The van der Waals surface area contributed by atoms with E-state index in [1.807, 2.05) is 11.8 Å². The third-order valence-electron chi connectivity index (χ3n) is 6.71. The molecule has 8 heteroatoms. The number of amides is 2. The SMILES string of the molecule is CC(=O)N(c1cc(F)ccc1C)C1CCN(C2CCN(C(=O)c3cncnc3)CC2)CC1. The van der Waals surface area contributed by atoms with Crippen LogP contribution >= 0.6 is 0 Å². The number of carbonyl (C=O) groups excluding carboxylic acids is 2. The summed E-state index contributed by atoms with van der Waals surface area (Å²) in [6.07, 6.45) is 8.13. The number of carbonyl (C=O) groups is 2. The van der Waals surface area contributed by atoms with E-state index < -0.39 is 0 Å². The Hall–Kier alpha value is -2.87. The van der Waals surface area contributed by atoms with Crippen molar-refractivity contribution in [2.24, 2.45) is 0 Å². The lowest BCUT2D eigenvalue weighted by Crippen LogP contribution is -2.52. The van der Waals surface area contributed by atoms with E-state index in [1.165, 1.54) is 18.5 Å². The molecule has 0 unspecified atom stereocenters. The largest absolute Gasteiger partial charge is 0.338 e. The molecule has 0 bridgehead atoms. The van der Waals surface area contributed by atoms with E-state index in [-0.39, 0.29) is 23.7 Å². The van der Waals surface area contributed by atoms with Crippen LogP contribution < -0.4 is 4.90 Å². The molecule has 0 spiro atoms. The molecule has 0 aliphatic carbocycles. The lowest BCUT2D eigenvalue weighted by Gasteiger charge is -2.44. The summed E-state index contributed by atoms with van der Waals surface area (Å²) in [7, 11) is 0. The molecule has 1 aromatic heterocycles. The summed E-state index contributed by atoms with van der Waals surface area (Å²) in [6.45, 7) is 6.71. The molecule has 4 rings (SSSR count). The van der Waals surface area contributed by atoms with Gasteiger partial charge in [-0.25, -0.2) is 14.4 Å². The Morgan fingerprint density at radius 3 is 2.31 bits per heavy atom. The van der Waals surface area contributed by atoms with Crippen molar-refractivity contribution >= 4 is 17.5 Å². The lowest BCUT2D eigenvalue weighted by atomic mass is 9.96. The fourth-order valence-corrected chi connectivity index (χ4v) is 5.00. The Bertz CT molecular complexity index is 954. The number of hydrogen-bond acceptors (Lipinski definition) is 5. The molecule has 2 amide bonds. The van der Waals surface area contributed by atoms with Gasteiger partial charge in [0.25, 0.3) is 5.91 Å². The number of nitrogens with zero attached hydrogens (tertiary/aromatic N) is 5. The Kier molecular flexibility index (Phi) is 6.79. The number of benzene rings is 1. The molecule has 0 radical (unpaired) electrons. The van der Waals surface area contributed by atoms with Crippen LogP contribution in [0.25, 0.3) is 0 Å². The van der Waals surface area contributed by atoms with Gasteiger partial charge in [-0.2, -0.15) is 0 Å². The molecule has 170 valence electrons. The summed E-state index contributed by atoms with van der Waals surface area (Å²) < 4.78 is 13.9. The molecule has 0 atom stereocenters. The van der Waals surface area contributed by atoms with Gasteiger partial charge in [-0.05, 0) is 50.3 Å². The summed E-state index contributed by atoms with van der Waals surface area (Å²) in [5, 5.41) is 0. The van der Waals surface area contributed by atoms with Crippen LogP contribution in [0.15, 0.2) is 36.9 Å². The average Bonchev–Trinajstić information content (AvgIpc) is 2.82. The van der Waals surface area contributed by atoms with Gasteiger partial charge >= 0.3 is 0 Å². The van der Waals surface area contributed by atoms with Crippen molar-refractivity contribution < 1.29 is 14.0 Å². The molecule has 0 N–H and O–H groups in total. The van der Waals surface area contributed by atoms with Gasteiger partial charge in [-0.1, -0.05) is 6.07 Å². The van der Waals surface area contributed by atoms with E-state index in [0.717, 1.165) is 57.4 Å². The van der Waals surface area contributed by atoms with Crippen molar-refractivity contribution in [1.29, 1.82) is 0 Å². The number of piperidine rings is 2. The summed E-state index contributed by atoms with van der Waals surface area (Å²) in [6, 6.07) is 5.14. The van der Waals surface area contributed by atoms with Crippen LogP contribution in [0.1, 0.15) is 48.5 Å². The van der Waals surface area contributed by atoms with Gasteiger partial charge in [-0.15, -0.1) is 0 Å². The molecule has 2 aliphatic rings. The van der Waals surface area contributed by atoms with Crippen molar-refractivity contribution in [3.05, 3.63) is 53.9 Å². The monoisotopic (exact) mass is 439 g/mol. The standard InChI is InChI=1S/C24H30FN5O2/c1-17-3-4-20(25)13-23(17)30(18(2)31)22-7-9-28(10-8-22)21-5-11-29(12-6-21)24(32)19-14-26-16-27-15-19/h3-4,13-16,21-22H,5-12H2,1-2H3. The van der Waals surface area contributed by atoms with Gasteiger partial charge in [0, 0.05) is 63.3 Å². The molecular weight excluding hydrogens is 409 g/mol. The van der Waals surface area contributed by atoms with E-state index >= 15 is 0 Å². The molecule has 1 aromatic carbocycles. The van der Waals surface area contributed by atoms with Crippen molar-refractivity contribution in [3.63, 3.8) is 0 Å². The van der Waals surface area contributed by atoms with Crippen LogP contribution in [-0.4, -0.2) is 69.8 Å². The summed E-state index contributed by atoms with van der Waals surface area (Å²) in [5.41, 5.74) is 2.11. The minimum Gasteiger partial charge on any atom is -0.338 e. The van der Waals surface area contributed by atoms with Crippen molar-refractivity contribution in [2.45, 2.75) is 51.6 Å². The second kappa shape index (κ2) is 9.73. The molecule has 3 heterocycles. The van der Waals surface area contributed by atoms with Crippen LogP contribution in [-0.2, 0) is 4.79 Å². The first-order chi connectivity index (χ1) is 15.4. The fourth-order valence-electron chi connectivity index (χ4n) is 5.00. The zero-order valence-electron chi connectivity index (χ0n) is 18.7. The Morgan fingerprint density at radius 1 is 1.03 bits per heavy atom. The molecule has 2 saturated heterocycles. The van der Waals surface area contributed by atoms with E-state index in [1.54, 1.807) is 30.3 Å². The van der Waals surface area contributed by atoms with Gasteiger partial charge in [0.2, 0.25) is 5.91 Å².